The maximum absolute atomic E-state index is 11.7. The topological polar surface area (TPSA) is 83.8 Å². The molecule has 0 fully saturated rings. The SMILES string of the molecule is COc1cccc(S(=O)(=O)CC(O)CO)c1. The van der Waals surface area contributed by atoms with E-state index in [1.165, 1.54) is 19.2 Å². The fourth-order valence-corrected chi connectivity index (χ4v) is 2.58. The zero-order valence-corrected chi connectivity index (χ0v) is 9.64. The predicted molar refractivity (Wildman–Crippen MR) is 58.1 cm³/mol. The lowest BCUT2D eigenvalue weighted by atomic mass is 10.3. The summed E-state index contributed by atoms with van der Waals surface area (Å²) < 4.78 is 28.4. The molecule has 0 aliphatic heterocycles. The first-order chi connectivity index (χ1) is 7.49. The second-order valence-corrected chi connectivity index (χ2v) is 5.33. The van der Waals surface area contributed by atoms with Crippen molar-refractivity contribution in [3.05, 3.63) is 24.3 Å². The Morgan fingerprint density at radius 2 is 2.12 bits per heavy atom. The van der Waals surface area contributed by atoms with Gasteiger partial charge in [0.2, 0.25) is 0 Å². The molecule has 2 N–H and O–H groups in total. The van der Waals surface area contributed by atoms with Crippen LogP contribution in [0.2, 0.25) is 0 Å². The molecule has 1 aromatic carbocycles. The molecule has 0 radical (unpaired) electrons. The minimum atomic E-state index is -3.59. The molecule has 1 aromatic rings. The number of aliphatic hydroxyl groups is 2. The summed E-state index contributed by atoms with van der Waals surface area (Å²) in [4.78, 5) is 0.0688. The monoisotopic (exact) mass is 246 g/mol. The molecule has 1 rings (SSSR count). The lowest BCUT2D eigenvalue weighted by Gasteiger charge is -2.09. The second-order valence-electron chi connectivity index (χ2n) is 3.30. The molecule has 16 heavy (non-hydrogen) atoms. The largest absolute Gasteiger partial charge is 0.497 e. The van der Waals surface area contributed by atoms with Crippen molar-refractivity contribution in [2.24, 2.45) is 0 Å². The molecule has 0 bridgehead atoms. The zero-order valence-electron chi connectivity index (χ0n) is 8.83. The predicted octanol–water partition coefficient (Wildman–Crippen LogP) is -0.178. The number of ether oxygens (including phenoxy) is 1. The van der Waals surface area contributed by atoms with Crippen LogP contribution in [0.1, 0.15) is 0 Å². The third-order valence-electron chi connectivity index (χ3n) is 2.02. The van der Waals surface area contributed by atoms with Crippen LogP contribution in [0.5, 0.6) is 5.75 Å². The molecule has 0 aliphatic rings. The molecule has 1 atom stereocenters. The summed E-state index contributed by atoms with van der Waals surface area (Å²) in [5, 5.41) is 17.7. The van der Waals surface area contributed by atoms with Crippen molar-refractivity contribution in [1.29, 1.82) is 0 Å². The van der Waals surface area contributed by atoms with Crippen molar-refractivity contribution in [3.63, 3.8) is 0 Å². The molecule has 0 saturated carbocycles. The number of aliphatic hydroxyl groups excluding tert-OH is 2. The molecule has 90 valence electrons. The Morgan fingerprint density at radius 1 is 1.44 bits per heavy atom. The van der Waals surface area contributed by atoms with Crippen LogP contribution in [0.15, 0.2) is 29.2 Å². The van der Waals surface area contributed by atoms with E-state index < -0.39 is 28.3 Å². The lowest BCUT2D eigenvalue weighted by Crippen LogP contribution is -2.24. The van der Waals surface area contributed by atoms with Crippen molar-refractivity contribution in [1.82, 2.24) is 0 Å². The van der Waals surface area contributed by atoms with Crippen LogP contribution in [0, 0.1) is 0 Å². The van der Waals surface area contributed by atoms with E-state index in [1.54, 1.807) is 12.1 Å². The van der Waals surface area contributed by atoms with Crippen molar-refractivity contribution in [2.75, 3.05) is 19.5 Å². The van der Waals surface area contributed by atoms with Crippen molar-refractivity contribution in [2.45, 2.75) is 11.0 Å². The van der Waals surface area contributed by atoms with Gasteiger partial charge in [-0.15, -0.1) is 0 Å². The first kappa shape index (κ1) is 13.0. The normalized spacial score (nSPS) is 13.4. The summed E-state index contributed by atoms with van der Waals surface area (Å²) >= 11 is 0. The van der Waals surface area contributed by atoms with Crippen LogP contribution in [-0.2, 0) is 9.84 Å². The molecule has 0 aromatic heterocycles. The summed E-state index contributed by atoms with van der Waals surface area (Å²) in [5.41, 5.74) is 0. The van der Waals surface area contributed by atoms with Gasteiger partial charge in [-0.1, -0.05) is 6.07 Å². The van der Waals surface area contributed by atoms with E-state index in [0.717, 1.165) is 0 Å². The average Bonchev–Trinajstić information content (AvgIpc) is 2.28. The molecular formula is C10H14O5S. The van der Waals surface area contributed by atoms with Gasteiger partial charge in [-0.3, -0.25) is 0 Å². The highest BCUT2D eigenvalue weighted by Crippen LogP contribution is 2.18. The van der Waals surface area contributed by atoms with Crippen LogP contribution < -0.4 is 4.74 Å². The quantitative estimate of drug-likeness (QED) is 0.753. The molecule has 0 aliphatic carbocycles. The molecule has 6 heteroatoms. The summed E-state index contributed by atoms with van der Waals surface area (Å²) in [7, 11) is -2.16. The molecule has 0 saturated heterocycles. The maximum atomic E-state index is 11.7. The maximum Gasteiger partial charge on any atom is 0.181 e. The van der Waals surface area contributed by atoms with Gasteiger partial charge >= 0.3 is 0 Å². The highest BCUT2D eigenvalue weighted by atomic mass is 32.2. The summed E-state index contributed by atoms with van der Waals surface area (Å²) in [6, 6.07) is 5.97. The first-order valence-electron chi connectivity index (χ1n) is 4.65. The standard InChI is InChI=1S/C10H14O5S/c1-15-9-3-2-4-10(5-9)16(13,14)7-8(12)6-11/h2-5,8,11-12H,6-7H2,1H3. The lowest BCUT2D eigenvalue weighted by molar-refractivity contribution is 0.112. The van der Waals surface area contributed by atoms with Gasteiger partial charge < -0.3 is 14.9 Å². The highest BCUT2D eigenvalue weighted by molar-refractivity contribution is 7.91. The van der Waals surface area contributed by atoms with E-state index in [9.17, 15) is 8.42 Å². The number of hydrogen-bond acceptors (Lipinski definition) is 5. The Balaban J connectivity index is 2.98. The third kappa shape index (κ3) is 3.19. The van der Waals surface area contributed by atoms with Gasteiger partial charge in [0.25, 0.3) is 0 Å². The minimum Gasteiger partial charge on any atom is -0.497 e. The molecular weight excluding hydrogens is 232 g/mol. The Hall–Kier alpha value is -1.11. The number of methoxy groups -OCH3 is 1. The van der Waals surface area contributed by atoms with Gasteiger partial charge in [0.05, 0.1) is 30.5 Å². The molecule has 0 amide bonds. The smallest absolute Gasteiger partial charge is 0.181 e. The number of sulfone groups is 1. The van der Waals surface area contributed by atoms with Crippen LogP contribution >= 0.6 is 0 Å². The Labute approximate surface area is 94.2 Å². The van der Waals surface area contributed by atoms with E-state index in [4.69, 9.17) is 14.9 Å². The number of benzene rings is 1. The van der Waals surface area contributed by atoms with E-state index in [-0.39, 0.29) is 4.90 Å². The van der Waals surface area contributed by atoms with Gasteiger partial charge in [-0.05, 0) is 18.2 Å². The van der Waals surface area contributed by atoms with Crippen molar-refractivity contribution >= 4 is 9.84 Å². The van der Waals surface area contributed by atoms with E-state index in [0.29, 0.717) is 5.75 Å². The second kappa shape index (κ2) is 5.29. The van der Waals surface area contributed by atoms with Gasteiger partial charge in [0.15, 0.2) is 9.84 Å². The fraction of sp³-hybridized carbons (Fsp3) is 0.400. The van der Waals surface area contributed by atoms with Crippen LogP contribution in [0.3, 0.4) is 0 Å². The molecule has 0 heterocycles. The van der Waals surface area contributed by atoms with E-state index in [2.05, 4.69) is 0 Å². The third-order valence-corrected chi connectivity index (χ3v) is 3.82. The molecule has 1 unspecified atom stereocenters. The van der Waals surface area contributed by atoms with Crippen molar-refractivity contribution in [3.8, 4) is 5.75 Å². The Morgan fingerprint density at radius 3 is 2.69 bits per heavy atom. The van der Waals surface area contributed by atoms with Crippen LogP contribution in [0.25, 0.3) is 0 Å². The van der Waals surface area contributed by atoms with Crippen LogP contribution in [-0.4, -0.2) is 44.2 Å². The fourth-order valence-electron chi connectivity index (χ4n) is 1.20. The summed E-state index contributed by atoms with van der Waals surface area (Å²) in [5.74, 6) is -0.0732. The van der Waals surface area contributed by atoms with Crippen molar-refractivity contribution < 1.29 is 23.4 Å². The van der Waals surface area contributed by atoms with E-state index >= 15 is 0 Å². The van der Waals surface area contributed by atoms with Gasteiger partial charge in [-0.2, -0.15) is 0 Å². The summed E-state index contributed by atoms with van der Waals surface area (Å²) in [6.07, 6.45) is -1.27. The van der Waals surface area contributed by atoms with Gasteiger partial charge in [0, 0.05) is 0 Å². The van der Waals surface area contributed by atoms with Gasteiger partial charge in [0.1, 0.15) is 5.75 Å². The molecule has 5 nitrogen and oxygen atoms in total. The van der Waals surface area contributed by atoms with E-state index in [1.807, 2.05) is 0 Å². The summed E-state index contributed by atoms with van der Waals surface area (Å²) in [6.45, 7) is -0.580. The molecule has 0 spiro atoms. The first-order valence-corrected chi connectivity index (χ1v) is 6.30. The zero-order chi connectivity index (χ0) is 12.2. The highest BCUT2D eigenvalue weighted by Gasteiger charge is 2.19. The Bertz CT molecular complexity index is 440. The average molecular weight is 246 g/mol. The van der Waals surface area contributed by atoms with Crippen LogP contribution in [0.4, 0.5) is 0 Å². The number of rotatable bonds is 5. The number of hydrogen-bond donors (Lipinski definition) is 2. The minimum absolute atomic E-state index is 0.0688. The Kier molecular flexibility index (Phi) is 4.28. The van der Waals surface area contributed by atoms with Gasteiger partial charge in [-0.25, -0.2) is 8.42 Å².